The zero-order valence-electron chi connectivity index (χ0n) is 7.95. The molecule has 0 aromatic rings. The first-order chi connectivity index (χ1) is 6.09. The Morgan fingerprint density at radius 1 is 1.69 bits per heavy atom. The maximum absolute atomic E-state index is 10.4. The van der Waals surface area contributed by atoms with Crippen LogP contribution in [0.25, 0.3) is 0 Å². The molecule has 76 valence electrons. The van der Waals surface area contributed by atoms with Gasteiger partial charge in [0, 0.05) is 7.11 Å². The molecule has 1 aliphatic carbocycles. The lowest BCUT2D eigenvalue weighted by Crippen LogP contribution is -2.41. The zero-order chi connectivity index (χ0) is 9.90. The Hall–Kier alpha value is -0.610. The van der Waals surface area contributed by atoms with E-state index in [1.165, 1.54) is 6.42 Å². The van der Waals surface area contributed by atoms with E-state index >= 15 is 0 Å². The van der Waals surface area contributed by atoms with Crippen molar-refractivity contribution < 1.29 is 14.6 Å². The predicted molar refractivity (Wildman–Crippen MR) is 48.4 cm³/mol. The summed E-state index contributed by atoms with van der Waals surface area (Å²) in [5.74, 6) is -0.925. The maximum atomic E-state index is 10.4. The average Bonchev–Trinajstić information content (AvgIpc) is 2.02. The van der Waals surface area contributed by atoms with Crippen LogP contribution < -0.4 is 5.73 Å². The number of carboxylic acid groups (broad SMARTS) is 1. The van der Waals surface area contributed by atoms with E-state index in [0.29, 0.717) is 6.42 Å². The number of hydrogen-bond donors (Lipinski definition) is 2. The van der Waals surface area contributed by atoms with E-state index < -0.39 is 12.0 Å². The third kappa shape index (κ3) is 2.42. The van der Waals surface area contributed by atoms with Crippen LogP contribution in [0.3, 0.4) is 0 Å². The van der Waals surface area contributed by atoms with E-state index in [1.807, 2.05) is 0 Å². The molecule has 0 aromatic carbocycles. The van der Waals surface area contributed by atoms with Gasteiger partial charge in [0.25, 0.3) is 0 Å². The van der Waals surface area contributed by atoms with Crippen molar-refractivity contribution in [1.29, 1.82) is 0 Å². The quantitative estimate of drug-likeness (QED) is 0.666. The van der Waals surface area contributed by atoms with E-state index in [4.69, 9.17) is 15.6 Å². The van der Waals surface area contributed by atoms with E-state index in [1.54, 1.807) is 7.11 Å². The summed E-state index contributed by atoms with van der Waals surface area (Å²) in [5, 5.41) is 8.58. The van der Waals surface area contributed by atoms with Crippen LogP contribution in [0.1, 0.15) is 32.1 Å². The monoisotopic (exact) mass is 187 g/mol. The summed E-state index contributed by atoms with van der Waals surface area (Å²) in [4.78, 5) is 10.4. The van der Waals surface area contributed by atoms with Crippen LogP contribution in [0.2, 0.25) is 0 Å². The molecule has 1 rings (SSSR count). The first-order valence-electron chi connectivity index (χ1n) is 4.63. The number of carboxylic acids is 1. The van der Waals surface area contributed by atoms with Gasteiger partial charge in [0.2, 0.25) is 0 Å². The minimum absolute atomic E-state index is 0.0624. The van der Waals surface area contributed by atoms with Crippen LogP contribution in [0.15, 0.2) is 0 Å². The molecular weight excluding hydrogens is 170 g/mol. The van der Waals surface area contributed by atoms with Gasteiger partial charge in [0.1, 0.15) is 6.04 Å². The van der Waals surface area contributed by atoms with Gasteiger partial charge in [-0.3, -0.25) is 4.79 Å². The molecule has 0 unspecified atom stereocenters. The fraction of sp³-hybridized carbons (Fsp3) is 0.889. The van der Waals surface area contributed by atoms with Crippen LogP contribution in [0.5, 0.6) is 0 Å². The lowest BCUT2D eigenvalue weighted by Gasteiger charge is -2.41. The molecule has 0 aliphatic heterocycles. The fourth-order valence-corrected chi connectivity index (χ4v) is 1.67. The predicted octanol–water partition coefficient (Wildman–Crippen LogP) is 0.748. The number of ether oxygens (including phenoxy) is 1. The van der Waals surface area contributed by atoms with Gasteiger partial charge in [-0.1, -0.05) is 0 Å². The number of rotatable bonds is 5. The number of methoxy groups -OCH3 is 1. The van der Waals surface area contributed by atoms with Crippen LogP contribution in [0, 0.1) is 0 Å². The van der Waals surface area contributed by atoms with Crippen molar-refractivity contribution in [2.24, 2.45) is 5.73 Å². The van der Waals surface area contributed by atoms with E-state index in [2.05, 4.69) is 0 Å². The second-order valence-corrected chi connectivity index (χ2v) is 3.72. The number of hydrogen-bond acceptors (Lipinski definition) is 3. The van der Waals surface area contributed by atoms with Gasteiger partial charge < -0.3 is 15.6 Å². The minimum atomic E-state index is -0.925. The highest BCUT2D eigenvalue weighted by Crippen LogP contribution is 2.38. The van der Waals surface area contributed by atoms with Gasteiger partial charge in [-0.25, -0.2) is 0 Å². The molecule has 0 radical (unpaired) electrons. The molecule has 13 heavy (non-hydrogen) atoms. The first kappa shape index (κ1) is 10.5. The van der Waals surface area contributed by atoms with E-state index in [0.717, 1.165) is 19.3 Å². The molecule has 3 N–H and O–H groups in total. The molecule has 0 aromatic heterocycles. The molecular formula is C9H17NO3. The molecule has 0 heterocycles. The van der Waals surface area contributed by atoms with Crippen LogP contribution in [0.4, 0.5) is 0 Å². The van der Waals surface area contributed by atoms with Crippen LogP contribution >= 0.6 is 0 Å². The second kappa shape index (κ2) is 4.07. The van der Waals surface area contributed by atoms with Gasteiger partial charge in [-0.05, 0) is 32.1 Å². The molecule has 4 nitrogen and oxygen atoms in total. The SMILES string of the molecule is COC1(CC[C@@H](N)C(=O)O)CCC1. The van der Waals surface area contributed by atoms with Crippen LogP contribution in [-0.2, 0) is 9.53 Å². The Bertz CT molecular complexity index is 184. The molecule has 4 heteroatoms. The average molecular weight is 187 g/mol. The van der Waals surface area contributed by atoms with Crippen LogP contribution in [-0.4, -0.2) is 29.8 Å². The smallest absolute Gasteiger partial charge is 0.320 e. The molecule has 0 saturated heterocycles. The number of nitrogens with two attached hydrogens (primary N) is 1. The summed E-state index contributed by atoms with van der Waals surface area (Å²) in [5.41, 5.74) is 5.34. The Labute approximate surface area is 78.1 Å². The summed E-state index contributed by atoms with van der Waals surface area (Å²) < 4.78 is 5.36. The maximum Gasteiger partial charge on any atom is 0.320 e. The molecule has 1 saturated carbocycles. The summed E-state index contributed by atoms with van der Waals surface area (Å²) in [6.07, 6.45) is 4.52. The lowest BCUT2D eigenvalue weighted by atomic mass is 9.76. The minimum Gasteiger partial charge on any atom is -0.480 e. The number of aliphatic carboxylic acids is 1. The Morgan fingerprint density at radius 2 is 2.31 bits per heavy atom. The van der Waals surface area contributed by atoms with Gasteiger partial charge >= 0.3 is 5.97 Å². The summed E-state index contributed by atoms with van der Waals surface area (Å²) in [7, 11) is 1.69. The standard InChI is InChI=1S/C9H17NO3/c1-13-9(4-2-5-9)6-3-7(10)8(11)12/h7H,2-6,10H2,1H3,(H,11,12)/t7-/m1/s1. The van der Waals surface area contributed by atoms with Crippen molar-refractivity contribution in [1.82, 2.24) is 0 Å². The molecule has 0 bridgehead atoms. The molecule has 1 fully saturated rings. The molecule has 1 atom stereocenters. The van der Waals surface area contributed by atoms with Crippen molar-refractivity contribution >= 4 is 5.97 Å². The third-order valence-electron chi connectivity index (χ3n) is 2.93. The van der Waals surface area contributed by atoms with Gasteiger partial charge in [-0.2, -0.15) is 0 Å². The van der Waals surface area contributed by atoms with Crippen molar-refractivity contribution in [3.63, 3.8) is 0 Å². The fourth-order valence-electron chi connectivity index (χ4n) is 1.67. The number of carbonyl (C=O) groups is 1. The normalized spacial score (nSPS) is 22.0. The van der Waals surface area contributed by atoms with Crippen molar-refractivity contribution in [2.45, 2.75) is 43.7 Å². The lowest BCUT2D eigenvalue weighted by molar-refractivity contribution is -0.139. The zero-order valence-corrected chi connectivity index (χ0v) is 7.95. The van der Waals surface area contributed by atoms with Gasteiger partial charge in [-0.15, -0.1) is 0 Å². The highest BCUT2D eigenvalue weighted by atomic mass is 16.5. The largest absolute Gasteiger partial charge is 0.480 e. The summed E-state index contributed by atoms with van der Waals surface area (Å²) in [6, 6.07) is -0.743. The van der Waals surface area contributed by atoms with Crippen molar-refractivity contribution in [2.75, 3.05) is 7.11 Å². The van der Waals surface area contributed by atoms with Crippen molar-refractivity contribution in [3.8, 4) is 0 Å². The third-order valence-corrected chi connectivity index (χ3v) is 2.93. The Kier molecular flexibility index (Phi) is 3.27. The van der Waals surface area contributed by atoms with Gasteiger partial charge in [0.15, 0.2) is 0 Å². The van der Waals surface area contributed by atoms with Crippen molar-refractivity contribution in [3.05, 3.63) is 0 Å². The Morgan fingerprint density at radius 3 is 2.62 bits per heavy atom. The highest BCUT2D eigenvalue weighted by molar-refractivity contribution is 5.72. The molecule has 0 spiro atoms. The summed E-state index contributed by atoms with van der Waals surface area (Å²) >= 11 is 0. The van der Waals surface area contributed by atoms with E-state index in [9.17, 15) is 4.79 Å². The second-order valence-electron chi connectivity index (χ2n) is 3.72. The van der Waals surface area contributed by atoms with E-state index in [-0.39, 0.29) is 5.60 Å². The van der Waals surface area contributed by atoms with Gasteiger partial charge in [0.05, 0.1) is 5.60 Å². The summed E-state index contributed by atoms with van der Waals surface area (Å²) in [6.45, 7) is 0. The highest BCUT2D eigenvalue weighted by Gasteiger charge is 2.37. The Balaban J connectivity index is 2.28. The topological polar surface area (TPSA) is 72.5 Å². The molecule has 1 aliphatic rings. The molecule has 0 amide bonds. The first-order valence-corrected chi connectivity index (χ1v) is 4.63.